The second-order valence-electron chi connectivity index (χ2n) is 4.42. The second kappa shape index (κ2) is 6.35. The molecule has 0 aliphatic carbocycles. The van der Waals surface area contributed by atoms with E-state index < -0.39 is 10.0 Å². The quantitative estimate of drug-likeness (QED) is 0.893. The fourth-order valence-corrected chi connectivity index (χ4v) is 2.94. The second-order valence-corrected chi connectivity index (χ2v) is 6.56. The van der Waals surface area contributed by atoms with Gasteiger partial charge in [0.25, 0.3) is 0 Å². The molecule has 1 atom stereocenters. The van der Waals surface area contributed by atoms with E-state index in [1.807, 2.05) is 32.0 Å². The lowest BCUT2D eigenvalue weighted by Crippen LogP contribution is -2.38. The van der Waals surface area contributed by atoms with Crippen LogP contribution in [0.4, 0.5) is 0 Å². The van der Waals surface area contributed by atoms with E-state index in [4.69, 9.17) is 16.9 Å². The number of halogens is 1. The number of nitriles is 1. The van der Waals surface area contributed by atoms with Gasteiger partial charge in [0.15, 0.2) is 0 Å². The molecule has 0 saturated heterocycles. The number of nitrogens with one attached hydrogen (secondary N) is 1. The third-order valence-electron chi connectivity index (χ3n) is 2.80. The van der Waals surface area contributed by atoms with Crippen LogP contribution in [0.25, 0.3) is 0 Å². The van der Waals surface area contributed by atoms with Gasteiger partial charge in [-0.05, 0) is 39.2 Å². The van der Waals surface area contributed by atoms with Crippen LogP contribution in [0.3, 0.4) is 0 Å². The summed E-state index contributed by atoms with van der Waals surface area (Å²) >= 11 is 5.89. The number of hydrogen-bond donors (Lipinski definition) is 1. The molecule has 19 heavy (non-hydrogen) atoms. The van der Waals surface area contributed by atoms with E-state index >= 15 is 0 Å². The normalized spacial score (nSPS) is 13.3. The largest absolute Gasteiger partial charge is 0.305 e. The van der Waals surface area contributed by atoms with Gasteiger partial charge in [-0.15, -0.1) is 0 Å². The summed E-state index contributed by atoms with van der Waals surface area (Å²) in [6.07, 6.45) is 0. The third kappa shape index (κ3) is 4.18. The van der Waals surface area contributed by atoms with Gasteiger partial charge in [-0.2, -0.15) is 5.26 Å². The number of benzene rings is 1. The molecule has 0 spiro atoms. The van der Waals surface area contributed by atoms with Crippen molar-refractivity contribution in [2.75, 3.05) is 20.6 Å². The predicted octanol–water partition coefficient (Wildman–Crippen LogP) is 1.44. The Morgan fingerprint density at radius 1 is 1.47 bits per heavy atom. The highest BCUT2D eigenvalue weighted by atomic mass is 35.5. The first-order chi connectivity index (χ1) is 8.77. The zero-order valence-corrected chi connectivity index (χ0v) is 12.6. The monoisotopic (exact) mass is 301 g/mol. The summed E-state index contributed by atoms with van der Waals surface area (Å²) in [6.45, 7) is 2.19. The molecule has 0 aliphatic rings. The summed E-state index contributed by atoms with van der Waals surface area (Å²) < 4.78 is 26.7. The van der Waals surface area contributed by atoms with Gasteiger partial charge in [-0.1, -0.05) is 11.6 Å². The summed E-state index contributed by atoms with van der Waals surface area (Å²) in [5.74, 6) is 0. The van der Waals surface area contributed by atoms with Crippen LogP contribution in [-0.4, -0.2) is 40.0 Å². The number of hydrogen-bond acceptors (Lipinski definition) is 4. The molecule has 104 valence electrons. The predicted molar refractivity (Wildman–Crippen MR) is 74.5 cm³/mol. The molecule has 0 radical (unpaired) electrons. The standard InChI is InChI=1S/C12H16ClN3O2S/c1-9(16(2)3)8-15-19(17,18)12-5-4-10(7-14)6-11(12)13/h4-6,9,15H,8H2,1-3H3. The molecule has 1 rings (SSSR count). The van der Waals surface area contributed by atoms with E-state index in [0.717, 1.165) is 0 Å². The van der Waals surface area contributed by atoms with Crippen LogP contribution in [0.15, 0.2) is 23.1 Å². The average molecular weight is 302 g/mol. The number of sulfonamides is 1. The SMILES string of the molecule is CC(CNS(=O)(=O)c1ccc(C#N)cc1Cl)N(C)C. The van der Waals surface area contributed by atoms with Crippen LogP contribution in [-0.2, 0) is 10.0 Å². The molecule has 0 heterocycles. The molecule has 0 amide bonds. The average Bonchev–Trinajstić information content (AvgIpc) is 2.35. The Morgan fingerprint density at radius 2 is 2.11 bits per heavy atom. The summed E-state index contributed by atoms with van der Waals surface area (Å²) in [4.78, 5) is 1.89. The number of nitrogens with zero attached hydrogens (tertiary/aromatic N) is 2. The molecule has 5 nitrogen and oxygen atoms in total. The third-order valence-corrected chi connectivity index (χ3v) is 4.71. The Morgan fingerprint density at radius 3 is 2.58 bits per heavy atom. The molecule has 7 heteroatoms. The Labute approximate surface area is 118 Å². The summed E-state index contributed by atoms with van der Waals surface area (Å²) in [5.41, 5.74) is 0.325. The van der Waals surface area contributed by atoms with Crippen molar-refractivity contribution in [3.05, 3.63) is 28.8 Å². The maximum atomic E-state index is 12.1. The molecular weight excluding hydrogens is 286 g/mol. The van der Waals surface area contributed by atoms with Crippen LogP contribution in [0.5, 0.6) is 0 Å². The van der Waals surface area contributed by atoms with Gasteiger partial charge < -0.3 is 4.90 Å². The summed E-state index contributed by atoms with van der Waals surface area (Å²) in [7, 11) is 0.0749. The highest BCUT2D eigenvalue weighted by molar-refractivity contribution is 7.89. The first-order valence-electron chi connectivity index (χ1n) is 5.63. The molecular formula is C12H16ClN3O2S. The number of likely N-dealkylation sites (N-methyl/N-ethyl adjacent to an activating group) is 1. The zero-order valence-electron chi connectivity index (χ0n) is 11.0. The van der Waals surface area contributed by atoms with Crippen LogP contribution >= 0.6 is 11.6 Å². The molecule has 0 aromatic heterocycles. The van der Waals surface area contributed by atoms with Crippen molar-refractivity contribution < 1.29 is 8.42 Å². The first-order valence-corrected chi connectivity index (χ1v) is 7.50. The van der Waals surface area contributed by atoms with Crippen LogP contribution < -0.4 is 4.72 Å². The molecule has 1 N–H and O–H groups in total. The lowest BCUT2D eigenvalue weighted by molar-refractivity contribution is 0.314. The van der Waals surface area contributed by atoms with Crippen molar-refractivity contribution in [2.24, 2.45) is 0 Å². The minimum atomic E-state index is -3.66. The molecule has 0 bridgehead atoms. The van der Waals surface area contributed by atoms with Gasteiger partial charge >= 0.3 is 0 Å². The van der Waals surface area contributed by atoms with Gasteiger partial charge in [-0.3, -0.25) is 0 Å². The fraction of sp³-hybridized carbons (Fsp3) is 0.417. The first kappa shape index (κ1) is 15.9. The van der Waals surface area contributed by atoms with Gasteiger partial charge in [-0.25, -0.2) is 13.1 Å². The molecule has 1 aromatic carbocycles. The smallest absolute Gasteiger partial charge is 0.242 e. The maximum Gasteiger partial charge on any atom is 0.242 e. The Balaban J connectivity index is 2.93. The Kier molecular flexibility index (Phi) is 5.32. The van der Waals surface area contributed by atoms with Crippen molar-refractivity contribution in [3.8, 4) is 6.07 Å². The van der Waals surface area contributed by atoms with Gasteiger partial charge in [0.05, 0.1) is 16.7 Å². The van der Waals surface area contributed by atoms with Crippen LogP contribution in [0, 0.1) is 11.3 Å². The van der Waals surface area contributed by atoms with Gasteiger partial charge in [0, 0.05) is 12.6 Å². The van der Waals surface area contributed by atoms with Gasteiger partial charge in [0.1, 0.15) is 4.90 Å². The number of rotatable bonds is 5. The zero-order chi connectivity index (χ0) is 14.6. The molecule has 1 aromatic rings. The lowest BCUT2D eigenvalue weighted by Gasteiger charge is -2.20. The molecule has 0 aliphatic heterocycles. The molecule has 0 saturated carbocycles. The Bertz CT molecular complexity index is 593. The van der Waals surface area contributed by atoms with Crippen molar-refractivity contribution in [1.29, 1.82) is 5.26 Å². The van der Waals surface area contributed by atoms with Crippen LogP contribution in [0.1, 0.15) is 12.5 Å². The van der Waals surface area contributed by atoms with E-state index in [1.165, 1.54) is 18.2 Å². The van der Waals surface area contributed by atoms with Crippen molar-refractivity contribution in [3.63, 3.8) is 0 Å². The highest BCUT2D eigenvalue weighted by Gasteiger charge is 2.19. The van der Waals surface area contributed by atoms with E-state index in [9.17, 15) is 8.42 Å². The molecule has 1 unspecified atom stereocenters. The maximum absolute atomic E-state index is 12.1. The van der Waals surface area contributed by atoms with Crippen LogP contribution in [0.2, 0.25) is 5.02 Å². The minimum Gasteiger partial charge on any atom is -0.305 e. The van der Waals surface area contributed by atoms with E-state index in [1.54, 1.807) is 0 Å². The summed E-state index contributed by atoms with van der Waals surface area (Å²) in [5, 5.41) is 8.76. The van der Waals surface area contributed by atoms with Crippen molar-refractivity contribution in [1.82, 2.24) is 9.62 Å². The lowest BCUT2D eigenvalue weighted by atomic mass is 10.2. The van der Waals surface area contributed by atoms with E-state index in [-0.39, 0.29) is 22.5 Å². The van der Waals surface area contributed by atoms with E-state index in [0.29, 0.717) is 5.56 Å². The van der Waals surface area contributed by atoms with Crippen molar-refractivity contribution in [2.45, 2.75) is 17.9 Å². The highest BCUT2D eigenvalue weighted by Crippen LogP contribution is 2.22. The summed E-state index contributed by atoms with van der Waals surface area (Å²) in [6, 6.07) is 6.07. The minimum absolute atomic E-state index is 0.0147. The van der Waals surface area contributed by atoms with E-state index in [2.05, 4.69) is 4.72 Å². The topological polar surface area (TPSA) is 73.2 Å². The van der Waals surface area contributed by atoms with Crippen molar-refractivity contribution >= 4 is 21.6 Å². The van der Waals surface area contributed by atoms with Gasteiger partial charge in [0.2, 0.25) is 10.0 Å². The fourth-order valence-electron chi connectivity index (χ4n) is 1.28. The Hall–Kier alpha value is -1.13. The molecule has 0 fully saturated rings.